The molecule has 0 aliphatic rings. The van der Waals surface area contributed by atoms with E-state index in [-0.39, 0.29) is 38.9 Å². The zero-order valence-electron chi connectivity index (χ0n) is 12.7. The van der Waals surface area contributed by atoms with Gasteiger partial charge in [-0.15, -0.1) is 0 Å². The van der Waals surface area contributed by atoms with E-state index in [1.165, 1.54) is 0 Å². The number of aldehydes is 1. The fraction of sp³-hybridized carbons (Fsp3) is 0.769. The van der Waals surface area contributed by atoms with E-state index in [2.05, 4.69) is 15.1 Å². The number of rotatable bonds is 11. The van der Waals surface area contributed by atoms with Crippen molar-refractivity contribution in [2.75, 3.05) is 33.0 Å². The minimum atomic E-state index is -0.653. The molecule has 0 radical (unpaired) electrons. The molecule has 0 fully saturated rings. The van der Waals surface area contributed by atoms with Gasteiger partial charge >= 0.3 is 12.1 Å². The largest absolute Gasteiger partial charge is 0.462 e. The lowest BCUT2D eigenvalue weighted by molar-refractivity contribution is -0.285. The molecule has 1 N–H and O–H groups in total. The molecular weight excluding hydrogens is 282 g/mol. The van der Waals surface area contributed by atoms with Crippen molar-refractivity contribution in [2.45, 2.75) is 27.2 Å². The van der Waals surface area contributed by atoms with E-state index in [0.29, 0.717) is 12.7 Å². The maximum Gasteiger partial charge on any atom is 0.407 e. The summed E-state index contributed by atoms with van der Waals surface area (Å²) in [7, 11) is 0. The molecule has 122 valence electrons. The molecule has 1 amide bonds. The summed E-state index contributed by atoms with van der Waals surface area (Å²) in [6.45, 7) is 5.54. The molecule has 0 heterocycles. The van der Waals surface area contributed by atoms with Crippen molar-refractivity contribution in [2.24, 2.45) is 5.41 Å². The van der Waals surface area contributed by atoms with Crippen LogP contribution in [0.15, 0.2) is 0 Å². The van der Waals surface area contributed by atoms with Crippen LogP contribution in [0.25, 0.3) is 0 Å². The van der Waals surface area contributed by atoms with Crippen LogP contribution in [0, 0.1) is 5.41 Å². The predicted octanol–water partition coefficient (Wildman–Crippen LogP) is 0.839. The Kier molecular flexibility index (Phi) is 10.2. The maximum absolute atomic E-state index is 11.6. The lowest BCUT2D eigenvalue weighted by atomic mass is 9.91. The fourth-order valence-electron chi connectivity index (χ4n) is 0.989. The minimum Gasteiger partial charge on any atom is -0.462 e. The first-order valence-electron chi connectivity index (χ1n) is 6.70. The zero-order valence-corrected chi connectivity index (χ0v) is 12.7. The second-order valence-electron chi connectivity index (χ2n) is 4.71. The average Bonchev–Trinajstić information content (AvgIpc) is 2.46. The van der Waals surface area contributed by atoms with Gasteiger partial charge in [0.2, 0.25) is 0 Å². The number of carbonyl (C=O) groups excluding carboxylic acids is 3. The molecule has 0 aliphatic carbocycles. The number of hydrogen-bond acceptors (Lipinski definition) is 7. The zero-order chi connectivity index (χ0) is 16.1. The predicted molar refractivity (Wildman–Crippen MR) is 72.3 cm³/mol. The van der Waals surface area contributed by atoms with Crippen molar-refractivity contribution in [1.82, 2.24) is 5.32 Å². The summed E-state index contributed by atoms with van der Waals surface area (Å²) in [4.78, 5) is 41.7. The number of alkyl carbamates (subject to hydrolysis) is 1. The molecule has 0 saturated carbocycles. The van der Waals surface area contributed by atoms with Crippen molar-refractivity contribution >= 4 is 18.3 Å². The molecule has 0 aromatic rings. The third-order valence-corrected chi connectivity index (χ3v) is 2.66. The monoisotopic (exact) mass is 305 g/mol. The van der Waals surface area contributed by atoms with Crippen molar-refractivity contribution in [3.8, 4) is 0 Å². The van der Waals surface area contributed by atoms with Gasteiger partial charge in [-0.1, -0.05) is 6.92 Å². The van der Waals surface area contributed by atoms with Crippen molar-refractivity contribution in [3.63, 3.8) is 0 Å². The van der Waals surface area contributed by atoms with Crippen molar-refractivity contribution < 1.29 is 33.6 Å². The van der Waals surface area contributed by atoms with Crippen LogP contribution in [0.5, 0.6) is 0 Å². The van der Waals surface area contributed by atoms with Crippen LogP contribution in [-0.2, 0) is 28.8 Å². The highest BCUT2D eigenvalue weighted by Gasteiger charge is 2.26. The van der Waals surface area contributed by atoms with Crippen LogP contribution < -0.4 is 5.32 Å². The Labute approximate surface area is 124 Å². The summed E-state index contributed by atoms with van der Waals surface area (Å²) in [5.74, 6) is -0.324. The van der Waals surface area contributed by atoms with Gasteiger partial charge in [-0.3, -0.25) is 4.79 Å². The molecule has 0 aromatic carbocycles. The molecule has 0 bridgehead atoms. The summed E-state index contributed by atoms with van der Waals surface area (Å²) in [5, 5.41) is 2.39. The first-order chi connectivity index (χ1) is 9.94. The highest BCUT2D eigenvalue weighted by atomic mass is 17.2. The maximum atomic E-state index is 11.6. The number of esters is 1. The molecule has 0 atom stereocenters. The van der Waals surface area contributed by atoms with Crippen molar-refractivity contribution in [1.29, 1.82) is 0 Å². The normalized spacial score (nSPS) is 10.8. The standard InChI is InChI=1S/C13H23NO7/c1-4-13(2,3)11(16)18-9-10-19-12(17)14-5-7-20-21-8-6-15/h6H,4-5,7-10H2,1-3H3,(H,14,17). The Balaban J connectivity index is 3.54. The molecule has 0 saturated heterocycles. The summed E-state index contributed by atoms with van der Waals surface area (Å²) in [6.07, 6.45) is 0.558. The van der Waals surface area contributed by atoms with E-state index in [1.54, 1.807) is 13.8 Å². The van der Waals surface area contributed by atoms with E-state index in [9.17, 15) is 14.4 Å². The number of nitrogens with one attached hydrogen (secondary N) is 1. The topological polar surface area (TPSA) is 100 Å². The van der Waals surface area contributed by atoms with Gasteiger partial charge in [0.25, 0.3) is 0 Å². The molecule has 21 heavy (non-hydrogen) atoms. The fourth-order valence-corrected chi connectivity index (χ4v) is 0.989. The first kappa shape index (κ1) is 19.3. The number of amides is 1. The quantitative estimate of drug-likeness (QED) is 0.198. The highest BCUT2D eigenvalue weighted by Crippen LogP contribution is 2.21. The second-order valence-corrected chi connectivity index (χ2v) is 4.71. The highest BCUT2D eigenvalue weighted by molar-refractivity contribution is 5.75. The summed E-state index contributed by atoms with van der Waals surface area (Å²) in [5.41, 5.74) is -0.541. The van der Waals surface area contributed by atoms with Crippen LogP contribution in [-0.4, -0.2) is 51.3 Å². The Hall–Kier alpha value is -1.67. The van der Waals surface area contributed by atoms with Crippen LogP contribution in [0.3, 0.4) is 0 Å². The SMILES string of the molecule is CCC(C)(C)C(=O)OCCOC(=O)NCCOOCC=O. The van der Waals surface area contributed by atoms with Gasteiger partial charge in [0.1, 0.15) is 26.1 Å². The molecule has 0 unspecified atom stereocenters. The Morgan fingerprint density at radius 1 is 1.10 bits per heavy atom. The van der Waals surface area contributed by atoms with E-state index >= 15 is 0 Å². The van der Waals surface area contributed by atoms with Gasteiger partial charge in [-0.25, -0.2) is 14.6 Å². The Morgan fingerprint density at radius 2 is 1.76 bits per heavy atom. The average molecular weight is 305 g/mol. The van der Waals surface area contributed by atoms with E-state index in [0.717, 1.165) is 0 Å². The van der Waals surface area contributed by atoms with Gasteiger partial charge in [-0.05, 0) is 20.3 Å². The van der Waals surface area contributed by atoms with Gasteiger partial charge in [0.05, 0.1) is 12.0 Å². The lowest BCUT2D eigenvalue weighted by Crippen LogP contribution is -2.30. The summed E-state index contributed by atoms with van der Waals surface area (Å²) < 4.78 is 9.78. The van der Waals surface area contributed by atoms with E-state index in [1.807, 2.05) is 6.92 Å². The van der Waals surface area contributed by atoms with Crippen LogP contribution >= 0.6 is 0 Å². The van der Waals surface area contributed by atoms with Gasteiger partial charge < -0.3 is 19.6 Å². The van der Waals surface area contributed by atoms with Gasteiger partial charge in [0.15, 0.2) is 0 Å². The van der Waals surface area contributed by atoms with Gasteiger partial charge in [-0.2, -0.15) is 0 Å². The molecule has 0 aromatic heterocycles. The van der Waals surface area contributed by atoms with Crippen LogP contribution in [0.1, 0.15) is 27.2 Å². The molecule has 0 rings (SSSR count). The van der Waals surface area contributed by atoms with E-state index < -0.39 is 11.5 Å². The molecule has 0 aliphatic heterocycles. The summed E-state index contributed by atoms with van der Waals surface area (Å²) in [6, 6.07) is 0. The van der Waals surface area contributed by atoms with Gasteiger partial charge in [0, 0.05) is 6.54 Å². The first-order valence-corrected chi connectivity index (χ1v) is 6.70. The third kappa shape index (κ3) is 9.80. The molecular formula is C13H23NO7. The Bertz CT molecular complexity index is 330. The van der Waals surface area contributed by atoms with Crippen LogP contribution in [0.4, 0.5) is 4.79 Å². The van der Waals surface area contributed by atoms with E-state index in [4.69, 9.17) is 9.47 Å². The third-order valence-electron chi connectivity index (χ3n) is 2.66. The second kappa shape index (κ2) is 11.0. The minimum absolute atomic E-state index is 0.00856. The number of carbonyl (C=O) groups is 3. The van der Waals surface area contributed by atoms with Crippen molar-refractivity contribution in [3.05, 3.63) is 0 Å². The molecule has 8 heteroatoms. The smallest absolute Gasteiger partial charge is 0.407 e. The number of hydrogen-bond donors (Lipinski definition) is 1. The van der Waals surface area contributed by atoms with Crippen LogP contribution in [0.2, 0.25) is 0 Å². The summed E-state index contributed by atoms with van der Waals surface area (Å²) >= 11 is 0. The number of ether oxygens (including phenoxy) is 2. The molecule has 8 nitrogen and oxygen atoms in total. The lowest BCUT2D eigenvalue weighted by Gasteiger charge is -2.20. The molecule has 0 spiro atoms. The Morgan fingerprint density at radius 3 is 2.38 bits per heavy atom.